The maximum atomic E-state index is 12.5. The first-order valence-corrected chi connectivity index (χ1v) is 8.62. The van der Waals surface area contributed by atoms with Crippen LogP contribution in [0.15, 0.2) is 0 Å². The molecular formula is C16H29N3O. The standard InChI is InChI=1S/C16H29N3O/c20-16(18-11-5-2-6-12-18)19-13-7-15(8-14-19)17-9-3-1-4-10-17/h15H,1-14H2. The number of carbonyl (C=O) groups is 1. The summed E-state index contributed by atoms with van der Waals surface area (Å²) < 4.78 is 0. The van der Waals surface area contributed by atoms with Gasteiger partial charge in [-0.1, -0.05) is 6.42 Å². The molecule has 0 saturated carbocycles. The second-order valence-corrected chi connectivity index (χ2v) is 6.65. The van der Waals surface area contributed by atoms with Crippen molar-refractivity contribution in [3.8, 4) is 0 Å². The summed E-state index contributed by atoms with van der Waals surface area (Å²) in [6, 6.07) is 1.04. The first kappa shape index (κ1) is 14.2. The first-order valence-electron chi connectivity index (χ1n) is 8.62. The molecule has 20 heavy (non-hydrogen) atoms. The van der Waals surface area contributed by atoms with E-state index in [0.717, 1.165) is 32.2 Å². The van der Waals surface area contributed by atoms with Crippen LogP contribution in [0.5, 0.6) is 0 Å². The molecule has 3 heterocycles. The molecule has 0 N–H and O–H groups in total. The predicted molar refractivity (Wildman–Crippen MR) is 80.8 cm³/mol. The van der Waals surface area contributed by atoms with E-state index in [4.69, 9.17) is 0 Å². The molecule has 0 aliphatic carbocycles. The fourth-order valence-electron chi connectivity index (χ4n) is 3.99. The van der Waals surface area contributed by atoms with Gasteiger partial charge in [-0.05, 0) is 58.0 Å². The van der Waals surface area contributed by atoms with Gasteiger partial charge in [0.2, 0.25) is 0 Å². The largest absolute Gasteiger partial charge is 0.325 e. The number of hydrogen-bond donors (Lipinski definition) is 0. The Morgan fingerprint density at radius 1 is 0.650 bits per heavy atom. The van der Waals surface area contributed by atoms with Crippen molar-refractivity contribution in [1.29, 1.82) is 0 Å². The van der Waals surface area contributed by atoms with Gasteiger partial charge in [-0.25, -0.2) is 4.79 Å². The summed E-state index contributed by atoms with van der Waals surface area (Å²) >= 11 is 0. The van der Waals surface area contributed by atoms with Crippen LogP contribution in [0, 0.1) is 0 Å². The highest BCUT2D eigenvalue weighted by Gasteiger charge is 2.29. The molecule has 4 heteroatoms. The minimum Gasteiger partial charge on any atom is -0.325 e. The van der Waals surface area contributed by atoms with E-state index in [1.54, 1.807) is 0 Å². The topological polar surface area (TPSA) is 26.8 Å². The van der Waals surface area contributed by atoms with Crippen molar-refractivity contribution in [1.82, 2.24) is 14.7 Å². The Bertz CT molecular complexity index is 314. The highest BCUT2D eigenvalue weighted by Crippen LogP contribution is 2.22. The average molecular weight is 279 g/mol. The maximum Gasteiger partial charge on any atom is 0.319 e. The highest BCUT2D eigenvalue weighted by atomic mass is 16.2. The van der Waals surface area contributed by atoms with Gasteiger partial charge in [0.05, 0.1) is 0 Å². The van der Waals surface area contributed by atoms with E-state index in [1.165, 1.54) is 64.5 Å². The molecule has 0 spiro atoms. The Labute approximate surface area is 123 Å². The molecule has 0 bridgehead atoms. The SMILES string of the molecule is O=C(N1CCCCC1)N1CCC(N2CCCCC2)CC1. The molecule has 2 amide bonds. The van der Waals surface area contributed by atoms with Crippen LogP contribution < -0.4 is 0 Å². The van der Waals surface area contributed by atoms with E-state index in [0.29, 0.717) is 6.03 Å². The zero-order valence-electron chi connectivity index (χ0n) is 12.7. The van der Waals surface area contributed by atoms with Gasteiger partial charge in [0.1, 0.15) is 0 Å². The Morgan fingerprint density at radius 2 is 1.15 bits per heavy atom. The molecule has 3 rings (SSSR count). The summed E-state index contributed by atoms with van der Waals surface area (Å²) in [4.78, 5) is 19.3. The minimum absolute atomic E-state index is 0.307. The number of hydrogen-bond acceptors (Lipinski definition) is 2. The van der Waals surface area contributed by atoms with Crippen LogP contribution in [-0.4, -0.2) is 66.0 Å². The molecule has 0 atom stereocenters. The van der Waals surface area contributed by atoms with E-state index in [-0.39, 0.29) is 0 Å². The van der Waals surface area contributed by atoms with E-state index >= 15 is 0 Å². The Balaban J connectivity index is 1.46. The molecule has 0 aromatic rings. The first-order chi connectivity index (χ1) is 9.84. The van der Waals surface area contributed by atoms with Gasteiger partial charge in [-0.2, -0.15) is 0 Å². The Hall–Kier alpha value is -0.770. The average Bonchev–Trinajstić information content (AvgIpc) is 2.56. The highest BCUT2D eigenvalue weighted by molar-refractivity contribution is 5.74. The lowest BCUT2D eigenvalue weighted by atomic mass is 10.00. The summed E-state index contributed by atoms with van der Waals surface area (Å²) in [5, 5.41) is 0. The predicted octanol–water partition coefficient (Wildman–Crippen LogP) is 2.54. The number of urea groups is 1. The number of rotatable bonds is 1. The summed E-state index contributed by atoms with van der Waals surface area (Å²) in [5.41, 5.74) is 0. The lowest BCUT2D eigenvalue weighted by molar-refractivity contribution is 0.0866. The lowest BCUT2D eigenvalue weighted by Crippen LogP contribution is -2.52. The number of likely N-dealkylation sites (tertiary alicyclic amines) is 3. The second kappa shape index (κ2) is 6.79. The van der Waals surface area contributed by atoms with Crippen LogP contribution in [-0.2, 0) is 0 Å². The smallest absolute Gasteiger partial charge is 0.319 e. The summed E-state index contributed by atoms with van der Waals surface area (Å²) in [6.45, 7) is 6.46. The number of piperidine rings is 3. The third kappa shape index (κ3) is 3.27. The summed E-state index contributed by atoms with van der Waals surface area (Å²) in [6.07, 6.45) is 10.2. The van der Waals surface area contributed by atoms with Crippen LogP contribution >= 0.6 is 0 Å². The Kier molecular flexibility index (Phi) is 4.81. The molecule has 0 radical (unpaired) electrons. The van der Waals surface area contributed by atoms with Gasteiger partial charge >= 0.3 is 6.03 Å². The molecule has 0 unspecified atom stereocenters. The fraction of sp³-hybridized carbons (Fsp3) is 0.938. The molecule has 4 nitrogen and oxygen atoms in total. The second-order valence-electron chi connectivity index (χ2n) is 6.65. The van der Waals surface area contributed by atoms with Crippen LogP contribution in [0.2, 0.25) is 0 Å². The molecule has 3 fully saturated rings. The number of amides is 2. The van der Waals surface area contributed by atoms with Crippen molar-refractivity contribution < 1.29 is 4.79 Å². The van der Waals surface area contributed by atoms with Gasteiger partial charge in [0, 0.05) is 32.2 Å². The van der Waals surface area contributed by atoms with Crippen molar-refractivity contribution in [2.75, 3.05) is 39.3 Å². The Morgan fingerprint density at radius 3 is 1.75 bits per heavy atom. The zero-order chi connectivity index (χ0) is 13.8. The van der Waals surface area contributed by atoms with Gasteiger partial charge in [-0.15, -0.1) is 0 Å². The molecule has 3 saturated heterocycles. The number of carbonyl (C=O) groups excluding carboxylic acids is 1. The third-order valence-corrected chi connectivity index (χ3v) is 5.27. The van der Waals surface area contributed by atoms with Crippen molar-refractivity contribution in [2.24, 2.45) is 0 Å². The van der Waals surface area contributed by atoms with E-state index in [2.05, 4.69) is 14.7 Å². The van der Waals surface area contributed by atoms with Crippen molar-refractivity contribution in [3.63, 3.8) is 0 Å². The van der Waals surface area contributed by atoms with E-state index in [9.17, 15) is 4.79 Å². The monoisotopic (exact) mass is 279 g/mol. The fourth-order valence-corrected chi connectivity index (χ4v) is 3.99. The minimum atomic E-state index is 0.307. The van der Waals surface area contributed by atoms with Crippen molar-refractivity contribution in [3.05, 3.63) is 0 Å². The van der Waals surface area contributed by atoms with E-state index in [1.807, 2.05) is 0 Å². The molecule has 0 aromatic carbocycles. The van der Waals surface area contributed by atoms with Crippen molar-refractivity contribution >= 4 is 6.03 Å². The van der Waals surface area contributed by atoms with Gasteiger partial charge in [0.15, 0.2) is 0 Å². The van der Waals surface area contributed by atoms with Crippen molar-refractivity contribution in [2.45, 2.75) is 57.4 Å². The van der Waals surface area contributed by atoms with Crippen LogP contribution in [0.1, 0.15) is 51.4 Å². The molecule has 0 aromatic heterocycles. The molecular weight excluding hydrogens is 250 g/mol. The van der Waals surface area contributed by atoms with E-state index < -0.39 is 0 Å². The van der Waals surface area contributed by atoms with Crippen LogP contribution in [0.25, 0.3) is 0 Å². The molecule has 3 aliphatic rings. The molecule has 114 valence electrons. The third-order valence-electron chi connectivity index (χ3n) is 5.27. The molecule has 3 aliphatic heterocycles. The zero-order valence-corrected chi connectivity index (χ0v) is 12.7. The number of nitrogens with zero attached hydrogens (tertiary/aromatic N) is 3. The van der Waals surface area contributed by atoms with Gasteiger partial charge in [-0.3, -0.25) is 0 Å². The summed E-state index contributed by atoms with van der Waals surface area (Å²) in [5.74, 6) is 0. The van der Waals surface area contributed by atoms with Gasteiger partial charge < -0.3 is 14.7 Å². The quantitative estimate of drug-likeness (QED) is 0.737. The van der Waals surface area contributed by atoms with Crippen LogP contribution in [0.3, 0.4) is 0 Å². The normalized spacial score (nSPS) is 26.8. The lowest BCUT2D eigenvalue weighted by Gasteiger charge is -2.41. The van der Waals surface area contributed by atoms with Gasteiger partial charge in [0.25, 0.3) is 0 Å². The summed E-state index contributed by atoms with van der Waals surface area (Å²) in [7, 11) is 0. The van der Waals surface area contributed by atoms with Crippen LogP contribution in [0.4, 0.5) is 4.79 Å². The maximum absolute atomic E-state index is 12.5.